The van der Waals surface area contributed by atoms with Gasteiger partial charge >= 0.3 is 5.97 Å². The van der Waals surface area contributed by atoms with Crippen molar-refractivity contribution >= 4 is 28.6 Å². The molecule has 0 aliphatic rings. The second-order valence-corrected chi connectivity index (χ2v) is 3.86. The third kappa shape index (κ3) is 2.95. The van der Waals surface area contributed by atoms with Crippen molar-refractivity contribution in [3.8, 4) is 0 Å². The number of alkyl halides is 1. The highest BCUT2D eigenvalue weighted by Crippen LogP contribution is 2.15. The smallest absolute Gasteiger partial charge is 0.307 e. The van der Waals surface area contributed by atoms with Crippen LogP contribution in [0.5, 0.6) is 0 Å². The Kier molecular flexibility index (Phi) is 3.65. The molecule has 0 atom stereocenters. The van der Waals surface area contributed by atoms with E-state index in [2.05, 4.69) is 22.6 Å². The number of aliphatic carboxylic acids is 1. The maximum Gasteiger partial charge on any atom is 0.307 e. The van der Waals surface area contributed by atoms with E-state index in [0.29, 0.717) is 11.1 Å². The standard InChI is InChI=1S/C9H8FIO2/c10-5-6-1-2-8(11)3-7(6)4-9(12)13/h1-3H,4-5H2,(H,12,13). The molecule has 0 radical (unpaired) electrons. The average molecular weight is 294 g/mol. The predicted octanol–water partition coefficient (Wildman–Crippen LogP) is 2.39. The normalized spacial score (nSPS) is 10.0. The Bertz CT molecular complexity index is 325. The van der Waals surface area contributed by atoms with E-state index in [9.17, 15) is 9.18 Å². The van der Waals surface area contributed by atoms with E-state index in [4.69, 9.17) is 5.11 Å². The molecule has 0 aliphatic heterocycles. The summed E-state index contributed by atoms with van der Waals surface area (Å²) in [5, 5.41) is 8.55. The Balaban J connectivity index is 3.01. The molecule has 0 saturated heterocycles. The van der Waals surface area contributed by atoms with Gasteiger partial charge in [-0.1, -0.05) is 6.07 Å². The van der Waals surface area contributed by atoms with Crippen molar-refractivity contribution in [3.05, 3.63) is 32.9 Å². The Morgan fingerprint density at radius 1 is 1.46 bits per heavy atom. The van der Waals surface area contributed by atoms with Gasteiger partial charge in [0.25, 0.3) is 0 Å². The van der Waals surface area contributed by atoms with Crippen LogP contribution < -0.4 is 0 Å². The van der Waals surface area contributed by atoms with E-state index in [1.165, 1.54) is 0 Å². The highest BCUT2D eigenvalue weighted by molar-refractivity contribution is 14.1. The van der Waals surface area contributed by atoms with Gasteiger partial charge in [0, 0.05) is 3.57 Å². The molecule has 13 heavy (non-hydrogen) atoms. The molecular formula is C9H8FIO2. The van der Waals surface area contributed by atoms with Crippen LogP contribution in [0.25, 0.3) is 0 Å². The van der Waals surface area contributed by atoms with Crippen LogP contribution in [0, 0.1) is 3.57 Å². The minimum absolute atomic E-state index is 0.115. The van der Waals surface area contributed by atoms with Crippen molar-refractivity contribution in [2.75, 3.05) is 0 Å². The monoisotopic (exact) mass is 294 g/mol. The van der Waals surface area contributed by atoms with Gasteiger partial charge in [-0.25, -0.2) is 4.39 Å². The molecule has 1 aromatic rings. The van der Waals surface area contributed by atoms with E-state index < -0.39 is 12.6 Å². The number of carbonyl (C=O) groups is 1. The SMILES string of the molecule is O=C(O)Cc1cc(I)ccc1CF. The first-order valence-electron chi connectivity index (χ1n) is 3.68. The van der Waals surface area contributed by atoms with Crippen LogP contribution in [0.4, 0.5) is 4.39 Å². The fourth-order valence-electron chi connectivity index (χ4n) is 1.05. The fraction of sp³-hybridized carbons (Fsp3) is 0.222. The van der Waals surface area contributed by atoms with Crippen molar-refractivity contribution in [1.29, 1.82) is 0 Å². The summed E-state index contributed by atoms with van der Waals surface area (Å²) in [5.74, 6) is -0.934. The Hall–Kier alpha value is -0.650. The predicted molar refractivity (Wildman–Crippen MR) is 55.3 cm³/mol. The number of hydrogen-bond donors (Lipinski definition) is 1. The zero-order chi connectivity index (χ0) is 9.84. The highest BCUT2D eigenvalue weighted by atomic mass is 127. The van der Waals surface area contributed by atoms with Crippen LogP contribution in [-0.2, 0) is 17.9 Å². The van der Waals surface area contributed by atoms with Gasteiger partial charge in [-0.05, 0) is 45.9 Å². The molecule has 0 aliphatic carbocycles. The van der Waals surface area contributed by atoms with Gasteiger partial charge in [0.1, 0.15) is 6.67 Å². The molecule has 0 amide bonds. The molecule has 0 aromatic heterocycles. The van der Waals surface area contributed by atoms with Crippen LogP contribution in [0.15, 0.2) is 18.2 Å². The van der Waals surface area contributed by atoms with Crippen molar-refractivity contribution in [3.63, 3.8) is 0 Å². The first-order chi connectivity index (χ1) is 6.13. The zero-order valence-corrected chi connectivity index (χ0v) is 8.92. The van der Waals surface area contributed by atoms with E-state index in [0.717, 1.165) is 3.57 Å². The van der Waals surface area contributed by atoms with Crippen molar-refractivity contribution in [2.24, 2.45) is 0 Å². The molecule has 0 unspecified atom stereocenters. The summed E-state index contributed by atoms with van der Waals surface area (Å²) < 4.78 is 13.3. The van der Waals surface area contributed by atoms with Gasteiger partial charge in [0.2, 0.25) is 0 Å². The van der Waals surface area contributed by atoms with Gasteiger partial charge in [-0.2, -0.15) is 0 Å². The molecule has 4 heteroatoms. The van der Waals surface area contributed by atoms with Gasteiger partial charge in [-0.15, -0.1) is 0 Å². The Morgan fingerprint density at radius 2 is 2.15 bits per heavy atom. The summed E-state index contributed by atoms with van der Waals surface area (Å²) in [6.07, 6.45) is -0.115. The Morgan fingerprint density at radius 3 is 2.69 bits per heavy atom. The minimum Gasteiger partial charge on any atom is -0.481 e. The summed E-state index contributed by atoms with van der Waals surface area (Å²) >= 11 is 2.07. The van der Waals surface area contributed by atoms with Crippen LogP contribution in [-0.4, -0.2) is 11.1 Å². The first-order valence-corrected chi connectivity index (χ1v) is 4.76. The molecule has 1 rings (SSSR count). The van der Waals surface area contributed by atoms with E-state index in [-0.39, 0.29) is 6.42 Å². The van der Waals surface area contributed by atoms with Crippen LogP contribution in [0.2, 0.25) is 0 Å². The molecule has 0 heterocycles. The molecule has 1 N–H and O–H groups in total. The summed E-state index contributed by atoms with van der Waals surface area (Å²) in [7, 11) is 0. The van der Waals surface area contributed by atoms with Crippen molar-refractivity contribution in [2.45, 2.75) is 13.1 Å². The lowest BCUT2D eigenvalue weighted by Crippen LogP contribution is -2.03. The molecule has 2 nitrogen and oxygen atoms in total. The Labute approximate surface area is 88.9 Å². The zero-order valence-electron chi connectivity index (χ0n) is 6.76. The maximum absolute atomic E-state index is 12.4. The molecular weight excluding hydrogens is 286 g/mol. The van der Waals surface area contributed by atoms with Crippen molar-refractivity contribution < 1.29 is 14.3 Å². The highest BCUT2D eigenvalue weighted by Gasteiger charge is 2.06. The summed E-state index contributed by atoms with van der Waals surface area (Å²) in [4.78, 5) is 10.4. The minimum atomic E-state index is -0.934. The number of benzene rings is 1. The summed E-state index contributed by atoms with van der Waals surface area (Å²) in [6.45, 7) is -0.612. The lowest BCUT2D eigenvalue weighted by molar-refractivity contribution is -0.136. The average Bonchev–Trinajstić information content (AvgIpc) is 2.03. The molecule has 70 valence electrons. The number of rotatable bonds is 3. The number of halogens is 2. The largest absolute Gasteiger partial charge is 0.481 e. The van der Waals surface area contributed by atoms with E-state index in [1.807, 2.05) is 0 Å². The third-order valence-corrected chi connectivity index (χ3v) is 2.32. The van der Waals surface area contributed by atoms with E-state index >= 15 is 0 Å². The molecule has 0 saturated carbocycles. The lowest BCUT2D eigenvalue weighted by atomic mass is 10.1. The fourth-order valence-corrected chi connectivity index (χ4v) is 1.61. The molecule has 0 spiro atoms. The van der Waals surface area contributed by atoms with Crippen LogP contribution in [0.3, 0.4) is 0 Å². The quantitative estimate of drug-likeness (QED) is 0.869. The third-order valence-electron chi connectivity index (χ3n) is 1.65. The van der Waals surface area contributed by atoms with Gasteiger partial charge in [0.05, 0.1) is 6.42 Å². The molecule has 0 fully saturated rings. The lowest BCUT2D eigenvalue weighted by Gasteiger charge is -2.03. The van der Waals surface area contributed by atoms with Crippen LogP contribution >= 0.6 is 22.6 Å². The number of carboxylic acids is 1. The molecule has 0 bridgehead atoms. The van der Waals surface area contributed by atoms with Crippen molar-refractivity contribution in [1.82, 2.24) is 0 Å². The van der Waals surface area contributed by atoms with E-state index in [1.54, 1.807) is 18.2 Å². The molecule has 1 aromatic carbocycles. The van der Waals surface area contributed by atoms with Gasteiger partial charge < -0.3 is 5.11 Å². The number of hydrogen-bond acceptors (Lipinski definition) is 1. The summed E-state index contributed by atoms with van der Waals surface area (Å²) in [5.41, 5.74) is 1.02. The second kappa shape index (κ2) is 4.55. The topological polar surface area (TPSA) is 37.3 Å². The first kappa shape index (κ1) is 10.4. The van der Waals surface area contributed by atoms with Crippen LogP contribution in [0.1, 0.15) is 11.1 Å². The summed E-state index contributed by atoms with van der Waals surface area (Å²) in [6, 6.07) is 5.09. The maximum atomic E-state index is 12.4. The number of carboxylic acid groups (broad SMARTS) is 1. The van der Waals surface area contributed by atoms with Gasteiger partial charge in [-0.3, -0.25) is 4.79 Å². The second-order valence-electron chi connectivity index (χ2n) is 2.62. The van der Waals surface area contributed by atoms with Gasteiger partial charge in [0.15, 0.2) is 0 Å².